The lowest BCUT2D eigenvalue weighted by Gasteiger charge is -2.08. The maximum absolute atomic E-state index is 12.0. The maximum Gasteiger partial charge on any atom is 0.310 e. The van der Waals surface area contributed by atoms with Gasteiger partial charge in [-0.25, -0.2) is 5.48 Å². The fourth-order valence-corrected chi connectivity index (χ4v) is 3.55. The predicted molar refractivity (Wildman–Crippen MR) is 130 cm³/mol. The Morgan fingerprint density at radius 3 is 1.91 bits per heavy atom. The lowest BCUT2D eigenvalue weighted by atomic mass is 10.1. The minimum atomic E-state index is -0.382. The summed E-state index contributed by atoms with van der Waals surface area (Å²) in [5.41, 5.74) is 3.18. The number of ether oxygens (including phenoxy) is 1. The molecule has 0 bridgehead atoms. The number of carbonyl (C=O) groups excluding carboxylic acids is 3. The number of carbonyl (C=O) groups is 3. The van der Waals surface area contributed by atoms with Crippen LogP contribution >= 0.6 is 0 Å². The van der Waals surface area contributed by atoms with Gasteiger partial charge < -0.3 is 10.1 Å². The summed E-state index contributed by atoms with van der Waals surface area (Å²) in [6.07, 6.45) is 13.8. The molecule has 0 aromatic heterocycles. The zero-order valence-corrected chi connectivity index (χ0v) is 20.2. The third-order valence-corrected chi connectivity index (χ3v) is 5.53. The summed E-state index contributed by atoms with van der Waals surface area (Å²) in [4.78, 5) is 34.9. The van der Waals surface area contributed by atoms with Crippen molar-refractivity contribution in [1.29, 1.82) is 0 Å². The number of nitrogens with one attached hydrogen (secondary N) is 2. The van der Waals surface area contributed by atoms with E-state index in [1.54, 1.807) is 17.6 Å². The van der Waals surface area contributed by atoms with E-state index in [2.05, 4.69) is 12.2 Å². The monoisotopic (exact) mass is 462 g/mol. The molecule has 0 aliphatic carbocycles. The molecule has 0 unspecified atom stereocenters. The fourth-order valence-electron chi connectivity index (χ4n) is 3.55. The molecule has 0 saturated heterocycles. The van der Waals surface area contributed by atoms with Crippen LogP contribution < -0.4 is 10.8 Å². The Labute approximate surface area is 198 Å². The summed E-state index contributed by atoms with van der Waals surface area (Å²) in [6.45, 7) is 2.70. The normalized spacial score (nSPS) is 10.6. The van der Waals surface area contributed by atoms with Gasteiger partial charge in [0.05, 0.1) is 13.0 Å². The Balaban J connectivity index is 2.11. The van der Waals surface area contributed by atoms with Gasteiger partial charge in [0, 0.05) is 18.5 Å². The van der Waals surface area contributed by atoms with Crippen LogP contribution in [-0.2, 0) is 25.5 Å². The number of anilines is 1. The Hall–Kier alpha value is -2.41. The van der Waals surface area contributed by atoms with E-state index >= 15 is 0 Å². The first-order valence-corrected chi connectivity index (χ1v) is 12.5. The first-order chi connectivity index (χ1) is 16.0. The lowest BCUT2D eigenvalue weighted by molar-refractivity contribution is -0.143. The summed E-state index contributed by atoms with van der Waals surface area (Å²) in [7, 11) is 0. The van der Waals surface area contributed by atoms with Crippen LogP contribution in [0.4, 0.5) is 5.69 Å². The van der Waals surface area contributed by atoms with Gasteiger partial charge in [-0.3, -0.25) is 19.6 Å². The first-order valence-electron chi connectivity index (χ1n) is 12.5. The van der Waals surface area contributed by atoms with Crippen molar-refractivity contribution >= 4 is 23.5 Å². The molecule has 7 heteroatoms. The van der Waals surface area contributed by atoms with E-state index in [0.29, 0.717) is 31.6 Å². The standard InChI is InChI=1S/C26H42N2O5/c1-2-3-4-5-6-7-10-13-20-33-26(31)21-22-16-18-23(19-17-22)27-24(29)14-11-8-9-12-15-25(30)28-32/h16-19,32H,2-15,20-21H2,1H3,(H,27,29)(H,28,30). The number of hydroxylamine groups is 1. The molecule has 0 aliphatic rings. The second-order valence-corrected chi connectivity index (χ2v) is 8.57. The van der Waals surface area contributed by atoms with Gasteiger partial charge in [0.15, 0.2) is 0 Å². The van der Waals surface area contributed by atoms with Crippen LogP contribution in [-0.4, -0.2) is 29.6 Å². The molecule has 0 heterocycles. The molecule has 1 aromatic rings. The summed E-state index contributed by atoms with van der Waals surface area (Å²) in [5, 5.41) is 11.3. The molecule has 186 valence electrons. The Kier molecular flexibility index (Phi) is 16.6. The molecule has 1 aromatic carbocycles. The van der Waals surface area contributed by atoms with Crippen LogP contribution in [0.25, 0.3) is 0 Å². The fraction of sp³-hybridized carbons (Fsp3) is 0.654. The molecule has 0 saturated carbocycles. The Morgan fingerprint density at radius 2 is 1.30 bits per heavy atom. The molecule has 0 atom stereocenters. The number of rotatable bonds is 19. The molecular weight excluding hydrogens is 420 g/mol. The zero-order chi connectivity index (χ0) is 24.2. The van der Waals surface area contributed by atoms with Gasteiger partial charge in [0.25, 0.3) is 0 Å². The number of unbranched alkanes of at least 4 members (excludes halogenated alkanes) is 10. The van der Waals surface area contributed by atoms with E-state index in [0.717, 1.165) is 37.7 Å². The van der Waals surface area contributed by atoms with Gasteiger partial charge in [0.2, 0.25) is 11.8 Å². The molecule has 3 N–H and O–H groups in total. The highest BCUT2D eigenvalue weighted by Gasteiger charge is 2.07. The van der Waals surface area contributed by atoms with Crippen molar-refractivity contribution in [2.24, 2.45) is 0 Å². The van der Waals surface area contributed by atoms with E-state index in [9.17, 15) is 14.4 Å². The van der Waals surface area contributed by atoms with Gasteiger partial charge in [-0.2, -0.15) is 0 Å². The van der Waals surface area contributed by atoms with Crippen LogP contribution in [0.3, 0.4) is 0 Å². The van der Waals surface area contributed by atoms with Crippen LogP contribution in [0.5, 0.6) is 0 Å². The highest BCUT2D eigenvalue weighted by Crippen LogP contribution is 2.13. The summed E-state index contributed by atoms with van der Waals surface area (Å²) in [5.74, 6) is -0.653. The Morgan fingerprint density at radius 1 is 0.758 bits per heavy atom. The van der Waals surface area contributed by atoms with Crippen molar-refractivity contribution in [3.63, 3.8) is 0 Å². The lowest BCUT2D eigenvalue weighted by Crippen LogP contribution is -2.17. The van der Waals surface area contributed by atoms with Gasteiger partial charge in [-0.15, -0.1) is 0 Å². The number of amides is 2. The van der Waals surface area contributed by atoms with Crippen molar-refractivity contribution in [3.05, 3.63) is 29.8 Å². The number of hydrogen-bond acceptors (Lipinski definition) is 5. The summed E-state index contributed by atoms with van der Waals surface area (Å²) < 4.78 is 5.33. The van der Waals surface area contributed by atoms with Crippen molar-refractivity contribution in [2.75, 3.05) is 11.9 Å². The molecule has 7 nitrogen and oxygen atoms in total. The van der Waals surface area contributed by atoms with Gasteiger partial charge in [-0.05, 0) is 37.0 Å². The van der Waals surface area contributed by atoms with Crippen molar-refractivity contribution in [1.82, 2.24) is 5.48 Å². The van der Waals surface area contributed by atoms with Gasteiger partial charge >= 0.3 is 5.97 Å². The smallest absolute Gasteiger partial charge is 0.310 e. The van der Waals surface area contributed by atoms with Crippen LogP contribution in [0.2, 0.25) is 0 Å². The van der Waals surface area contributed by atoms with Crippen LogP contribution in [0, 0.1) is 0 Å². The van der Waals surface area contributed by atoms with Crippen molar-refractivity contribution < 1.29 is 24.3 Å². The van der Waals surface area contributed by atoms with Crippen LogP contribution in [0.15, 0.2) is 24.3 Å². The summed E-state index contributed by atoms with van der Waals surface area (Å²) in [6, 6.07) is 7.26. The summed E-state index contributed by atoms with van der Waals surface area (Å²) >= 11 is 0. The van der Waals surface area contributed by atoms with E-state index in [1.807, 2.05) is 12.1 Å². The molecular formula is C26H42N2O5. The molecule has 0 spiro atoms. The van der Waals surface area contributed by atoms with E-state index in [-0.39, 0.29) is 24.2 Å². The topological polar surface area (TPSA) is 105 Å². The Bertz CT molecular complexity index is 676. The molecule has 0 fully saturated rings. The zero-order valence-electron chi connectivity index (χ0n) is 20.2. The molecule has 1 rings (SSSR count). The van der Waals surface area contributed by atoms with Crippen LogP contribution in [0.1, 0.15) is 102 Å². The predicted octanol–water partition coefficient (Wildman–Crippen LogP) is 5.70. The number of benzene rings is 1. The molecule has 33 heavy (non-hydrogen) atoms. The molecule has 2 amide bonds. The van der Waals surface area contributed by atoms with E-state index in [4.69, 9.17) is 9.94 Å². The highest BCUT2D eigenvalue weighted by molar-refractivity contribution is 5.90. The molecule has 0 radical (unpaired) electrons. The minimum Gasteiger partial charge on any atom is -0.465 e. The van der Waals surface area contributed by atoms with Gasteiger partial charge in [-0.1, -0.05) is 76.8 Å². The average molecular weight is 463 g/mol. The SMILES string of the molecule is CCCCCCCCCCOC(=O)Cc1ccc(NC(=O)CCCCCCC(=O)NO)cc1. The maximum atomic E-state index is 12.0. The second kappa shape index (κ2) is 19.1. The second-order valence-electron chi connectivity index (χ2n) is 8.57. The largest absolute Gasteiger partial charge is 0.465 e. The average Bonchev–Trinajstić information content (AvgIpc) is 2.81. The third-order valence-electron chi connectivity index (χ3n) is 5.53. The van der Waals surface area contributed by atoms with E-state index < -0.39 is 0 Å². The molecule has 0 aliphatic heterocycles. The van der Waals surface area contributed by atoms with E-state index in [1.165, 1.54) is 38.5 Å². The highest BCUT2D eigenvalue weighted by atomic mass is 16.5. The minimum absolute atomic E-state index is 0.0550. The number of hydrogen-bond donors (Lipinski definition) is 3. The first kappa shape index (κ1) is 28.6. The van der Waals surface area contributed by atoms with Crippen molar-refractivity contribution in [3.8, 4) is 0 Å². The quantitative estimate of drug-likeness (QED) is 0.106. The number of esters is 1. The van der Waals surface area contributed by atoms with Crippen molar-refractivity contribution in [2.45, 2.75) is 103 Å². The van der Waals surface area contributed by atoms with Gasteiger partial charge in [0.1, 0.15) is 0 Å². The third kappa shape index (κ3) is 15.9.